The minimum Gasteiger partial charge on any atom is -0.478 e. The first-order chi connectivity index (χ1) is 12.6. The number of piperidine rings is 2. The van der Waals surface area contributed by atoms with Gasteiger partial charge in [0.05, 0.1) is 5.56 Å². The van der Waals surface area contributed by atoms with Crippen LogP contribution in [0.1, 0.15) is 60.9 Å². The van der Waals surface area contributed by atoms with Crippen molar-refractivity contribution in [2.75, 3.05) is 32.7 Å². The number of carbonyl (C=O) groups excluding carboxylic acids is 1. The highest BCUT2D eigenvalue weighted by Gasteiger charge is 2.27. The van der Waals surface area contributed by atoms with E-state index in [1.165, 1.54) is 0 Å². The number of likely N-dealkylation sites (tertiary alicyclic amines) is 2. The molecular weight excluding hydrogens is 328 g/mol. The van der Waals surface area contributed by atoms with Crippen LogP contribution in [0.25, 0.3) is 0 Å². The summed E-state index contributed by atoms with van der Waals surface area (Å²) in [5.74, 6) is 0.246. The van der Waals surface area contributed by atoms with Crippen LogP contribution in [0.15, 0.2) is 24.3 Å². The SMILES string of the molecule is CCN1CCC(CC(=O)N2CCCC(c3ccc(C(=O)O)cc3)C2)CC1. The van der Waals surface area contributed by atoms with Crippen LogP contribution in [0.4, 0.5) is 0 Å². The van der Waals surface area contributed by atoms with Crippen molar-refractivity contribution in [1.29, 1.82) is 0 Å². The van der Waals surface area contributed by atoms with Gasteiger partial charge in [-0.3, -0.25) is 4.79 Å². The van der Waals surface area contributed by atoms with E-state index in [0.29, 0.717) is 29.7 Å². The molecule has 0 aliphatic carbocycles. The van der Waals surface area contributed by atoms with Gasteiger partial charge < -0.3 is 14.9 Å². The molecule has 0 radical (unpaired) electrons. The van der Waals surface area contributed by atoms with Crippen LogP contribution in [0.3, 0.4) is 0 Å². The first-order valence-electron chi connectivity index (χ1n) is 9.90. The first-order valence-corrected chi connectivity index (χ1v) is 9.90. The Morgan fingerprint density at radius 2 is 1.77 bits per heavy atom. The summed E-state index contributed by atoms with van der Waals surface area (Å²) in [6.45, 7) is 7.16. The van der Waals surface area contributed by atoms with Crippen molar-refractivity contribution in [2.24, 2.45) is 5.92 Å². The molecule has 1 unspecified atom stereocenters. The molecule has 2 fully saturated rings. The molecule has 1 atom stereocenters. The Bertz CT molecular complexity index is 621. The van der Waals surface area contributed by atoms with Crippen LogP contribution >= 0.6 is 0 Å². The number of carboxylic acid groups (broad SMARTS) is 1. The summed E-state index contributed by atoms with van der Waals surface area (Å²) >= 11 is 0. The summed E-state index contributed by atoms with van der Waals surface area (Å²) in [5.41, 5.74) is 1.46. The zero-order valence-corrected chi connectivity index (χ0v) is 15.7. The van der Waals surface area contributed by atoms with Gasteiger partial charge in [0.2, 0.25) is 5.91 Å². The summed E-state index contributed by atoms with van der Waals surface area (Å²) in [4.78, 5) is 28.3. The highest BCUT2D eigenvalue weighted by atomic mass is 16.4. The third-order valence-electron chi connectivity index (χ3n) is 6.02. The minimum absolute atomic E-state index is 0.298. The molecule has 2 saturated heterocycles. The van der Waals surface area contributed by atoms with Crippen LogP contribution in [0.5, 0.6) is 0 Å². The zero-order chi connectivity index (χ0) is 18.5. The van der Waals surface area contributed by atoms with Crippen LogP contribution in [0, 0.1) is 5.92 Å². The second-order valence-corrected chi connectivity index (χ2v) is 7.69. The summed E-state index contributed by atoms with van der Waals surface area (Å²) in [6, 6.07) is 7.14. The lowest BCUT2D eigenvalue weighted by Gasteiger charge is -2.35. The summed E-state index contributed by atoms with van der Waals surface area (Å²) in [5, 5.41) is 9.03. The van der Waals surface area contributed by atoms with E-state index in [1.54, 1.807) is 12.1 Å². The zero-order valence-electron chi connectivity index (χ0n) is 15.7. The standard InChI is InChI=1S/C21H30N2O3/c1-2-22-12-9-16(10-13-22)14-20(24)23-11-3-4-19(15-23)17-5-7-18(8-6-17)21(25)26/h5-8,16,19H,2-4,9-15H2,1H3,(H,25,26). The van der Waals surface area contributed by atoms with Gasteiger partial charge in [-0.1, -0.05) is 19.1 Å². The number of carboxylic acids is 1. The minimum atomic E-state index is -0.897. The second kappa shape index (κ2) is 8.67. The van der Waals surface area contributed by atoms with Gasteiger partial charge in [-0.15, -0.1) is 0 Å². The molecule has 0 bridgehead atoms. The first kappa shape index (κ1) is 18.9. The second-order valence-electron chi connectivity index (χ2n) is 7.69. The maximum Gasteiger partial charge on any atom is 0.335 e. The van der Waals surface area contributed by atoms with E-state index in [2.05, 4.69) is 11.8 Å². The molecule has 2 heterocycles. The molecule has 1 N–H and O–H groups in total. The number of amides is 1. The van der Waals surface area contributed by atoms with Gasteiger partial charge in [-0.2, -0.15) is 0 Å². The number of carbonyl (C=O) groups is 2. The van der Waals surface area contributed by atoms with Crippen molar-refractivity contribution in [3.63, 3.8) is 0 Å². The lowest BCUT2D eigenvalue weighted by molar-refractivity contribution is -0.133. The van der Waals surface area contributed by atoms with E-state index in [1.807, 2.05) is 17.0 Å². The van der Waals surface area contributed by atoms with Crippen molar-refractivity contribution >= 4 is 11.9 Å². The summed E-state index contributed by atoms with van der Waals surface area (Å²) in [7, 11) is 0. The molecule has 0 spiro atoms. The van der Waals surface area contributed by atoms with Gasteiger partial charge >= 0.3 is 5.97 Å². The number of benzene rings is 1. The Balaban J connectivity index is 1.54. The third-order valence-corrected chi connectivity index (χ3v) is 6.02. The van der Waals surface area contributed by atoms with Crippen molar-refractivity contribution in [3.8, 4) is 0 Å². The molecule has 1 aromatic rings. The third kappa shape index (κ3) is 4.64. The van der Waals surface area contributed by atoms with Gasteiger partial charge in [0.15, 0.2) is 0 Å². The molecule has 0 aromatic heterocycles. The number of hydrogen-bond acceptors (Lipinski definition) is 3. The fourth-order valence-electron chi connectivity index (χ4n) is 4.26. The van der Waals surface area contributed by atoms with Crippen molar-refractivity contribution in [3.05, 3.63) is 35.4 Å². The Hall–Kier alpha value is -1.88. The Kier molecular flexibility index (Phi) is 6.30. The average Bonchev–Trinajstić information content (AvgIpc) is 2.68. The van der Waals surface area contributed by atoms with Gasteiger partial charge in [0.1, 0.15) is 0 Å². The molecule has 1 aromatic carbocycles. The average molecular weight is 358 g/mol. The van der Waals surface area contributed by atoms with Crippen LogP contribution < -0.4 is 0 Å². The van der Waals surface area contributed by atoms with Crippen LogP contribution in [0.2, 0.25) is 0 Å². The summed E-state index contributed by atoms with van der Waals surface area (Å²) < 4.78 is 0. The monoisotopic (exact) mass is 358 g/mol. The van der Waals surface area contributed by atoms with E-state index >= 15 is 0 Å². The number of hydrogen-bond donors (Lipinski definition) is 1. The fraction of sp³-hybridized carbons (Fsp3) is 0.619. The van der Waals surface area contributed by atoms with Crippen LogP contribution in [-0.4, -0.2) is 59.5 Å². The predicted molar refractivity (Wildman–Crippen MR) is 101 cm³/mol. The predicted octanol–water partition coefficient (Wildman–Crippen LogP) is 3.21. The quantitative estimate of drug-likeness (QED) is 0.878. The lowest BCUT2D eigenvalue weighted by atomic mass is 9.88. The van der Waals surface area contributed by atoms with Gasteiger partial charge in [-0.25, -0.2) is 4.79 Å². The number of aromatic carboxylic acids is 1. The van der Waals surface area contributed by atoms with Gasteiger partial charge in [0.25, 0.3) is 0 Å². The molecule has 2 aliphatic rings. The lowest BCUT2D eigenvalue weighted by Crippen LogP contribution is -2.41. The molecule has 26 heavy (non-hydrogen) atoms. The molecular formula is C21H30N2O3. The smallest absolute Gasteiger partial charge is 0.335 e. The largest absolute Gasteiger partial charge is 0.478 e. The molecule has 5 heteroatoms. The highest BCUT2D eigenvalue weighted by molar-refractivity contribution is 5.87. The normalized spacial score (nSPS) is 22.3. The highest BCUT2D eigenvalue weighted by Crippen LogP contribution is 2.29. The van der Waals surface area contributed by atoms with E-state index in [-0.39, 0.29) is 0 Å². The molecule has 3 rings (SSSR count). The maximum atomic E-state index is 12.8. The van der Waals surface area contributed by atoms with Crippen LogP contribution in [-0.2, 0) is 4.79 Å². The Morgan fingerprint density at radius 3 is 2.38 bits per heavy atom. The van der Waals surface area contributed by atoms with E-state index in [0.717, 1.165) is 64.0 Å². The molecule has 1 amide bonds. The van der Waals surface area contributed by atoms with E-state index in [9.17, 15) is 9.59 Å². The van der Waals surface area contributed by atoms with E-state index in [4.69, 9.17) is 5.11 Å². The van der Waals surface area contributed by atoms with Crippen molar-refractivity contribution in [1.82, 2.24) is 9.80 Å². The Labute approximate surface area is 156 Å². The fourth-order valence-corrected chi connectivity index (χ4v) is 4.26. The molecule has 5 nitrogen and oxygen atoms in total. The van der Waals surface area contributed by atoms with E-state index < -0.39 is 5.97 Å². The maximum absolute atomic E-state index is 12.8. The molecule has 0 saturated carbocycles. The molecule has 142 valence electrons. The number of rotatable bonds is 5. The Morgan fingerprint density at radius 1 is 1.08 bits per heavy atom. The van der Waals surface area contributed by atoms with Crippen molar-refractivity contribution < 1.29 is 14.7 Å². The topological polar surface area (TPSA) is 60.9 Å². The summed E-state index contributed by atoms with van der Waals surface area (Å²) in [6.07, 6.45) is 5.03. The van der Waals surface area contributed by atoms with Gasteiger partial charge in [-0.05, 0) is 68.9 Å². The van der Waals surface area contributed by atoms with Gasteiger partial charge in [0, 0.05) is 25.4 Å². The number of nitrogens with zero attached hydrogens (tertiary/aromatic N) is 2. The van der Waals surface area contributed by atoms with Crippen molar-refractivity contribution in [2.45, 2.75) is 44.9 Å². The molecule has 2 aliphatic heterocycles.